The van der Waals surface area contributed by atoms with Gasteiger partial charge in [-0.3, -0.25) is 9.59 Å². The Morgan fingerprint density at radius 3 is 2.58 bits per heavy atom. The van der Waals surface area contributed by atoms with Gasteiger partial charge in [0.2, 0.25) is 5.91 Å². The summed E-state index contributed by atoms with van der Waals surface area (Å²) >= 11 is 8.59. The highest BCUT2D eigenvalue weighted by Crippen LogP contribution is 2.22. The summed E-state index contributed by atoms with van der Waals surface area (Å²) in [7, 11) is 0. The van der Waals surface area contributed by atoms with Crippen LogP contribution in [-0.4, -0.2) is 27.8 Å². The number of amides is 2. The highest BCUT2D eigenvalue weighted by molar-refractivity contribution is 7.99. The number of carbonyl (C=O) groups is 2. The molecule has 9 heteroatoms. The molecule has 0 saturated carbocycles. The molecule has 3 rings (SSSR count). The number of nitrogens with one attached hydrogen (secondary N) is 2. The Morgan fingerprint density at radius 2 is 1.88 bits per heavy atom. The molecule has 0 atom stereocenters. The highest BCUT2D eigenvalue weighted by atomic mass is 35.5. The average Bonchev–Trinajstić information content (AvgIpc) is 3.18. The molecule has 2 aromatic heterocycles. The molecule has 1 aromatic carbocycles. The van der Waals surface area contributed by atoms with E-state index in [4.69, 9.17) is 11.6 Å². The summed E-state index contributed by atoms with van der Waals surface area (Å²) in [6.45, 7) is 0. The van der Waals surface area contributed by atoms with Crippen molar-refractivity contribution in [2.45, 2.75) is 5.03 Å². The first kappa shape index (κ1) is 18.4. The summed E-state index contributed by atoms with van der Waals surface area (Å²) in [6.07, 6.45) is 0. The Bertz CT molecular complexity index is 901. The van der Waals surface area contributed by atoms with Crippen LogP contribution in [0.15, 0.2) is 58.9 Å². The van der Waals surface area contributed by atoms with Gasteiger partial charge in [-0.25, -0.2) is 0 Å². The number of halogens is 1. The smallest absolute Gasteiger partial charge is 0.266 e. The van der Waals surface area contributed by atoms with E-state index in [0.717, 1.165) is 0 Å². The molecule has 26 heavy (non-hydrogen) atoms. The van der Waals surface area contributed by atoms with Gasteiger partial charge >= 0.3 is 0 Å². The molecule has 3 aromatic rings. The molecule has 0 unspecified atom stereocenters. The molecule has 2 amide bonds. The van der Waals surface area contributed by atoms with E-state index >= 15 is 0 Å². The molecule has 0 radical (unpaired) electrons. The second-order valence-electron chi connectivity index (χ2n) is 5.00. The van der Waals surface area contributed by atoms with Crippen molar-refractivity contribution in [3.63, 3.8) is 0 Å². The predicted molar refractivity (Wildman–Crippen MR) is 105 cm³/mol. The van der Waals surface area contributed by atoms with Gasteiger partial charge in [-0.05, 0) is 35.7 Å². The molecule has 0 bridgehead atoms. The molecule has 0 spiro atoms. The number of anilines is 2. The maximum absolute atomic E-state index is 12.0. The third-order valence-electron chi connectivity index (χ3n) is 3.13. The molecule has 0 aliphatic rings. The van der Waals surface area contributed by atoms with Gasteiger partial charge in [0.05, 0.1) is 21.3 Å². The number of carbonyl (C=O) groups excluding carboxylic acids is 2. The van der Waals surface area contributed by atoms with Crippen LogP contribution in [0.1, 0.15) is 9.67 Å². The van der Waals surface area contributed by atoms with Crippen LogP contribution in [0.3, 0.4) is 0 Å². The Morgan fingerprint density at radius 1 is 1.04 bits per heavy atom. The van der Waals surface area contributed by atoms with Gasteiger partial charge in [-0.2, -0.15) is 0 Å². The minimum Gasteiger partial charge on any atom is -0.324 e. The third-order valence-corrected chi connectivity index (χ3v) is 5.24. The summed E-state index contributed by atoms with van der Waals surface area (Å²) in [5.41, 5.74) is 0.567. The molecular weight excluding hydrogens is 392 g/mol. The highest BCUT2D eigenvalue weighted by Gasteiger charge is 2.10. The van der Waals surface area contributed by atoms with Crippen LogP contribution in [0, 0.1) is 0 Å². The number of thioether (sulfide) groups is 1. The quantitative estimate of drug-likeness (QED) is 0.602. The van der Waals surface area contributed by atoms with Crippen LogP contribution in [-0.2, 0) is 4.79 Å². The lowest BCUT2D eigenvalue weighted by Crippen LogP contribution is -2.14. The van der Waals surface area contributed by atoms with Crippen LogP contribution in [0.5, 0.6) is 0 Å². The Balaban J connectivity index is 1.50. The van der Waals surface area contributed by atoms with Crippen LogP contribution in [0.4, 0.5) is 11.5 Å². The first-order chi connectivity index (χ1) is 12.6. The molecule has 132 valence electrons. The average molecular weight is 405 g/mol. The fraction of sp³-hybridized carbons (Fsp3) is 0.0588. The predicted octanol–water partition coefficient (Wildman–Crippen LogP) is 4.17. The van der Waals surface area contributed by atoms with Crippen molar-refractivity contribution in [1.29, 1.82) is 0 Å². The Labute approximate surface area is 163 Å². The number of benzene rings is 1. The van der Waals surface area contributed by atoms with Crippen molar-refractivity contribution in [3.05, 3.63) is 63.8 Å². The van der Waals surface area contributed by atoms with E-state index in [2.05, 4.69) is 20.8 Å². The van der Waals surface area contributed by atoms with Crippen molar-refractivity contribution < 1.29 is 9.59 Å². The van der Waals surface area contributed by atoms with Gasteiger partial charge < -0.3 is 10.6 Å². The topological polar surface area (TPSA) is 84.0 Å². The van der Waals surface area contributed by atoms with Gasteiger partial charge in [0.1, 0.15) is 5.03 Å². The Hall–Kier alpha value is -2.42. The minimum atomic E-state index is -0.228. The van der Waals surface area contributed by atoms with Gasteiger partial charge in [0.25, 0.3) is 5.91 Å². The number of nitrogens with zero attached hydrogens (tertiary/aromatic N) is 2. The zero-order valence-corrected chi connectivity index (χ0v) is 15.7. The summed E-state index contributed by atoms with van der Waals surface area (Å²) in [5, 5.41) is 16.3. The number of para-hydroxylation sites is 1. The van der Waals surface area contributed by atoms with E-state index in [-0.39, 0.29) is 17.6 Å². The summed E-state index contributed by atoms with van der Waals surface area (Å²) in [6, 6.07) is 13.9. The zero-order valence-electron chi connectivity index (χ0n) is 13.3. The van der Waals surface area contributed by atoms with E-state index in [1.54, 1.807) is 48.5 Å². The molecule has 2 heterocycles. The van der Waals surface area contributed by atoms with E-state index < -0.39 is 0 Å². The molecule has 2 N–H and O–H groups in total. The minimum absolute atomic E-state index is 0.167. The fourth-order valence-electron chi connectivity index (χ4n) is 1.94. The summed E-state index contributed by atoms with van der Waals surface area (Å²) in [4.78, 5) is 24.5. The second-order valence-corrected chi connectivity index (χ2v) is 7.36. The normalized spacial score (nSPS) is 10.3. The van der Waals surface area contributed by atoms with Crippen LogP contribution >= 0.6 is 34.7 Å². The van der Waals surface area contributed by atoms with E-state index in [1.165, 1.54) is 23.1 Å². The van der Waals surface area contributed by atoms with Gasteiger partial charge in [-0.15, -0.1) is 21.5 Å². The van der Waals surface area contributed by atoms with Gasteiger partial charge in [-0.1, -0.05) is 41.6 Å². The van der Waals surface area contributed by atoms with Crippen molar-refractivity contribution in [1.82, 2.24) is 10.2 Å². The fourth-order valence-corrected chi connectivity index (χ4v) is 3.35. The Kier molecular flexibility index (Phi) is 6.21. The maximum atomic E-state index is 12.0. The number of rotatable bonds is 6. The summed E-state index contributed by atoms with van der Waals surface area (Å²) in [5.74, 6) is 0.0999. The number of thiophene rings is 1. The van der Waals surface area contributed by atoms with Gasteiger partial charge in [0.15, 0.2) is 5.82 Å². The first-order valence-electron chi connectivity index (χ1n) is 7.47. The van der Waals surface area contributed by atoms with E-state index in [1.807, 2.05) is 5.38 Å². The first-order valence-corrected chi connectivity index (χ1v) is 9.72. The zero-order chi connectivity index (χ0) is 18.4. The van der Waals surface area contributed by atoms with Crippen molar-refractivity contribution in [3.8, 4) is 0 Å². The van der Waals surface area contributed by atoms with Gasteiger partial charge in [0, 0.05) is 0 Å². The lowest BCUT2D eigenvalue weighted by Gasteiger charge is -2.06. The lowest BCUT2D eigenvalue weighted by molar-refractivity contribution is -0.113. The largest absolute Gasteiger partial charge is 0.324 e. The van der Waals surface area contributed by atoms with Crippen LogP contribution in [0.25, 0.3) is 0 Å². The SMILES string of the molecule is O=C(CSc1ccc(NC(=O)c2cccs2)nn1)Nc1ccccc1Cl. The molecule has 0 fully saturated rings. The molecular formula is C17H13ClN4O2S2. The number of hydrogen-bond donors (Lipinski definition) is 2. The summed E-state index contributed by atoms with van der Waals surface area (Å²) < 4.78 is 0. The molecule has 0 aliphatic carbocycles. The molecule has 0 aliphatic heterocycles. The third kappa shape index (κ3) is 5.04. The second kappa shape index (κ2) is 8.79. The molecule has 6 nitrogen and oxygen atoms in total. The van der Waals surface area contributed by atoms with Crippen molar-refractivity contribution >= 4 is 58.0 Å². The van der Waals surface area contributed by atoms with Crippen molar-refractivity contribution in [2.75, 3.05) is 16.4 Å². The molecule has 0 saturated heterocycles. The van der Waals surface area contributed by atoms with E-state index in [9.17, 15) is 9.59 Å². The van der Waals surface area contributed by atoms with Crippen LogP contribution < -0.4 is 10.6 Å². The maximum Gasteiger partial charge on any atom is 0.266 e. The lowest BCUT2D eigenvalue weighted by atomic mass is 10.3. The number of aromatic nitrogens is 2. The monoisotopic (exact) mass is 404 g/mol. The van der Waals surface area contributed by atoms with Crippen LogP contribution in [0.2, 0.25) is 5.02 Å². The van der Waals surface area contributed by atoms with Crippen molar-refractivity contribution in [2.24, 2.45) is 0 Å². The number of hydrogen-bond acceptors (Lipinski definition) is 6. The van der Waals surface area contributed by atoms with E-state index in [0.29, 0.717) is 26.4 Å². The standard InChI is InChI=1S/C17H13ClN4O2S2/c18-11-4-1-2-5-12(11)19-15(23)10-26-16-8-7-14(21-22-16)20-17(24)13-6-3-9-25-13/h1-9H,10H2,(H,19,23)(H,20,21,24).